The van der Waals surface area contributed by atoms with E-state index in [0.29, 0.717) is 5.02 Å². The van der Waals surface area contributed by atoms with Gasteiger partial charge in [0.1, 0.15) is 0 Å². The summed E-state index contributed by atoms with van der Waals surface area (Å²) in [7, 11) is 1.69. The molecule has 0 radical (unpaired) electrons. The molecule has 0 spiro atoms. The van der Waals surface area contributed by atoms with Crippen molar-refractivity contribution in [2.24, 2.45) is 0 Å². The Morgan fingerprint density at radius 3 is 2.58 bits per heavy atom. The van der Waals surface area contributed by atoms with E-state index in [1.165, 1.54) is 0 Å². The van der Waals surface area contributed by atoms with E-state index in [1.807, 2.05) is 25.1 Å². The van der Waals surface area contributed by atoms with Crippen LogP contribution in [-0.2, 0) is 9.59 Å². The number of nitrogens with zero attached hydrogens (tertiary/aromatic N) is 1. The normalized spacial score (nSPS) is 11.9. The summed E-state index contributed by atoms with van der Waals surface area (Å²) < 4.78 is 0. The Balaban J connectivity index is 2.61. The van der Waals surface area contributed by atoms with E-state index in [9.17, 15) is 9.59 Å². The highest BCUT2D eigenvalue weighted by Crippen LogP contribution is 2.26. The van der Waals surface area contributed by atoms with Gasteiger partial charge in [0, 0.05) is 12.1 Å². The number of halogens is 1. The Kier molecular flexibility index (Phi) is 6.18. The fourth-order valence-electron chi connectivity index (χ4n) is 1.57. The number of hydrogen-bond acceptors (Lipinski definition) is 3. The van der Waals surface area contributed by atoms with Gasteiger partial charge in [0.15, 0.2) is 0 Å². The molecule has 4 nitrogen and oxygen atoms in total. The lowest BCUT2D eigenvalue weighted by molar-refractivity contribution is -0.133. The molecule has 1 aromatic carbocycles. The van der Waals surface area contributed by atoms with Crippen molar-refractivity contribution < 1.29 is 14.7 Å². The molecule has 0 heterocycles. The predicted octanol–water partition coefficient (Wildman–Crippen LogP) is 2.68. The van der Waals surface area contributed by atoms with Crippen LogP contribution in [0.25, 0.3) is 0 Å². The van der Waals surface area contributed by atoms with Crippen molar-refractivity contribution in [3.05, 3.63) is 34.9 Å². The molecule has 1 N–H and O–H groups in total. The second-order valence-corrected chi connectivity index (χ2v) is 5.48. The average molecular weight is 302 g/mol. The van der Waals surface area contributed by atoms with Crippen LogP contribution < -0.4 is 0 Å². The van der Waals surface area contributed by atoms with Gasteiger partial charge in [-0.15, -0.1) is 11.8 Å². The second-order valence-electron chi connectivity index (χ2n) is 4.09. The van der Waals surface area contributed by atoms with E-state index < -0.39 is 5.97 Å². The highest BCUT2D eigenvalue weighted by molar-refractivity contribution is 8.00. The first-order chi connectivity index (χ1) is 8.93. The molecule has 1 aromatic rings. The number of carboxylic acid groups (broad SMARTS) is 1. The highest BCUT2D eigenvalue weighted by atomic mass is 35.5. The van der Waals surface area contributed by atoms with Crippen LogP contribution in [0.1, 0.15) is 18.5 Å². The first-order valence-corrected chi connectivity index (χ1v) is 7.26. The molecule has 1 unspecified atom stereocenters. The SMILES string of the molecule is CC(c1ccccc1Cl)N(C)C(=O)CSCC(=O)O. The number of amides is 1. The zero-order valence-corrected chi connectivity index (χ0v) is 12.4. The fourth-order valence-corrected chi connectivity index (χ4v) is 2.51. The lowest BCUT2D eigenvalue weighted by Gasteiger charge is -2.26. The molecule has 0 aromatic heterocycles. The Bertz CT molecular complexity index is 467. The first-order valence-electron chi connectivity index (χ1n) is 5.73. The van der Waals surface area contributed by atoms with Crippen LogP contribution in [0, 0.1) is 0 Å². The van der Waals surface area contributed by atoms with Crippen LogP contribution in [0.2, 0.25) is 5.02 Å². The van der Waals surface area contributed by atoms with Crippen LogP contribution in [0.4, 0.5) is 0 Å². The van der Waals surface area contributed by atoms with Gasteiger partial charge in [0.05, 0.1) is 17.5 Å². The summed E-state index contributed by atoms with van der Waals surface area (Å²) in [5.74, 6) is -0.948. The van der Waals surface area contributed by atoms with Crippen LogP contribution in [0.15, 0.2) is 24.3 Å². The third kappa shape index (κ3) is 4.76. The van der Waals surface area contributed by atoms with Crippen molar-refractivity contribution in [3.63, 3.8) is 0 Å². The number of aliphatic carboxylic acids is 1. The van der Waals surface area contributed by atoms with Crippen LogP contribution in [-0.4, -0.2) is 40.4 Å². The zero-order valence-electron chi connectivity index (χ0n) is 10.8. The van der Waals surface area contributed by atoms with Crippen molar-refractivity contribution >= 4 is 35.2 Å². The van der Waals surface area contributed by atoms with E-state index in [1.54, 1.807) is 18.0 Å². The van der Waals surface area contributed by atoms with Crippen molar-refractivity contribution in [2.75, 3.05) is 18.6 Å². The number of rotatable bonds is 6. The molecule has 1 amide bonds. The molecular weight excluding hydrogens is 286 g/mol. The van der Waals surface area contributed by atoms with Gasteiger partial charge in [-0.2, -0.15) is 0 Å². The van der Waals surface area contributed by atoms with E-state index in [-0.39, 0.29) is 23.5 Å². The summed E-state index contributed by atoms with van der Waals surface area (Å²) in [5.41, 5.74) is 0.878. The summed E-state index contributed by atoms with van der Waals surface area (Å²) in [5, 5.41) is 9.14. The van der Waals surface area contributed by atoms with E-state index >= 15 is 0 Å². The molecule has 0 aliphatic rings. The maximum absolute atomic E-state index is 11.9. The Morgan fingerprint density at radius 1 is 1.37 bits per heavy atom. The quantitative estimate of drug-likeness (QED) is 0.877. The summed E-state index contributed by atoms with van der Waals surface area (Å²) in [6, 6.07) is 7.22. The molecule has 1 rings (SSSR count). The molecule has 1 atom stereocenters. The number of carbonyl (C=O) groups excluding carboxylic acids is 1. The van der Waals surface area contributed by atoms with Crippen molar-refractivity contribution in [1.82, 2.24) is 4.90 Å². The summed E-state index contributed by atoms with van der Waals surface area (Å²) >= 11 is 7.18. The van der Waals surface area contributed by atoms with E-state index in [4.69, 9.17) is 16.7 Å². The predicted molar refractivity (Wildman–Crippen MR) is 77.6 cm³/mol. The smallest absolute Gasteiger partial charge is 0.313 e. The number of carboxylic acids is 1. The van der Waals surface area contributed by atoms with Gasteiger partial charge >= 0.3 is 5.97 Å². The minimum atomic E-state index is -0.917. The third-order valence-corrected chi connectivity index (χ3v) is 4.03. The van der Waals surface area contributed by atoms with Gasteiger partial charge < -0.3 is 10.0 Å². The molecular formula is C13H16ClNO3S. The summed E-state index contributed by atoms with van der Waals surface area (Å²) in [4.78, 5) is 23.9. The minimum Gasteiger partial charge on any atom is -0.481 e. The minimum absolute atomic E-state index is 0.0694. The number of hydrogen-bond donors (Lipinski definition) is 1. The number of thioether (sulfide) groups is 1. The molecule has 0 saturated heterocycles. The van der Waals surface area contributed by atoms with Gasteiger partial charge in [-0.25, -0.2) is 0 Å². The lowest BCUT2D eigenvalue weighted by atomic mass is 10.1. The second kappa shape index (κ2) is 7.40. The van der Waals surface area contributed by atoms with Crippen LogP contribution >= 0.6 is 23.4 Å². The van der Waals surface area contributed by atoms with Crippen molar-refractivity contribution in [3.8, 4) is 0 Å². The molecule has 0 aliphatic heterocycles. The van der Waals surface area contributed by atoms with Crippen molar-refractivity contribution in [1.29, 1.82) is 0 Å². The van der Waals surface area contributed by atoms with E-state index in [2.05, 4.69) is 0 Å². The highest BCUT2D eigenvalue weighted by Gasteiger charge is 2.19. The van der Waals surface area contributed by atoms with Crippen LogP contribution in [0.5, 0.6) is 0 Å². The molecule has 6 heteroatoms. The van der Waals surface area contributed by atoms with Gasteiger partial charge in [0.2, 0.25) is 5.91 Å². The number of benzene rings is 1. The topological polar surface area (TPSA) is 57.6 Å². The molecule has 104 valence electrons. The maximum atomic E-state index is 11.9. The van der Waals surface area contributed by atoms with Gasteiger partial charge in [-0.1, -0.05) is 29.8 Å². The van der Waals surface area contributed by atoms with Gasteiger partial charge in [-0.05, 0) is 18.6 Å². The zero-order chi connectivity index (χ0) is 14.4. The monoisotopic (exact) mass is 301 g/mol. The van der Waals surface area contributed by atoms with Crippen LogP contribution in [0.3, 0.4) is 0 Å². The molecule has 0 aliphatic carbocycles. The van der Waals surface area contributed by atoms with Crippen molar-refractivity contribution in [2.45, 2.75) is 13.0 Å². The molecule has 0 fully saturated rings. The molecule has 0 bridgehead atoms. The molecule has 19 heavy (non-hydrogen) atoms. The standard InChI is InChI=1S/C13H16ClNO3S/c1-9(10-5-3-4-6-11(10)14)15(2)12(16)7-19-8-13(17)18/h3-6,9H,7-8H2,1-2H3,(H,17,18). The Morgan fingerprint density at radius 2 is 2.00 bits per heavy atom. The largest absolute Gasteiger partial charge is 0.481 e. The number of carbonyl (C=O) groups is 2. The van der Waals surface area contributed by atoms with E-state index in [0.717, 1.165) is 17.3 Å². The summed E-state index contributed by atoms with van der Waals surface area (Å²) in [6.45, 7) is 1.89. The van der Waals surface area contributed by atoms with Gasteiger partial charge in [0.25, 0.3) is 0 Å². The third-order valence-electron chi connectivity index (χ3n) is 2.78. The van der Waals surface area contributed by atoms with Gasteiger partial charge in [-0.3, -0.25) is 9.59 Å². The lowest BCUT2D eigenvalue weighted by Crippen LogP contribution is -2.31. The first kappa shape index (κ1) is 15.9. The average Bonchev–Trinajstić information content (AvgIpc) is 2.37. The molecule has 0 saturated carbocycles. The summed E-state index contributed by atoms with van der Waals surface area (Å²) in [6.07, 6.45) is 0. The fraction of sp³-hybridized carbons (Fsp3) is 0.385. The Hall–Kier alpha value is -1.20. The maximum Gasteiger partial charge on any atom is 0.313 e. The Labute approximate surface area is 121 Å².